The van der Waals surface area contributed by atoms with E-state index in [2.05, 4.69) is 40.8 Å². The van der Waals surface area contributed by atoms with Crippen molar-refractivity contribution in [2.75, 3.05) is 26.4 Å². The predicted molar refractivity (Wildman–Crippen MR) is 124 cm³/mol. The number of carbonyl (C=O) groups excluding carboxylic acids is 2. The first-order valence-electron chi connectivity index (χ1n) is 11.2. The van der Waals surface area contributed by atoms with Crippen molar-refractivity contribution in [2.24, 2.45) is 5.92 Å². The summed E-state index contributed by atoms with van der Waals surface area (Å²) in [5, 5.41) is 14.0. The van der Waals surface area contributed by atoms with E-state index in [-0.39, 0.29) is 43.4 Å². The second kappa shape index (κ2) is 10.9. The van der Waals surface area contributed by atoms with E-state index < -0.39 is 12.1 Å². The van der Waals surface area contributed by atoms with Crippen LogP contribution in [0.2, 0.25) is 0 Å². The van der Waals surface area contributed by atoms with Gasteiger partial charge in [0.15, 0.2) is 0 Å². The zero-order valence-corrected chi connectivity index (χ0v) is 18.6. The summed E-state index contributed by atoms with van der Waals surface area (Å²) in [5.74, 6) is 2.52. The molecule has 34 heavy (non-hydrogen) atoms. The van der Waals surface area contributed by atoms with Gasteiger partial charge in [-0.2, -0.15) is 0 Å². The van der Waals surface area contributed by atoms with Crippen LogP contribution in [-0.4, -0.2) is 55.5 Å². The van der Waals surface area contributed by atoms with Crippen LogP contribution < -0.4 is 10.6 Å². The van der Waals surface area contributed by atoms with Gasteiger partial charge in [-0.3, -0.25) is 4.79 Å². The van der Waals surface area contributed by atoms with Crippen molar-refractivity contribution in [3.63, 3.8) is 0 Å². The second-order valence-corrected chi connectivity index (χ2v) is 8.29. The maximum Gasteiger partial charge on any atom is 0.407 e. The van der Waals surface area contributed by atoms with Crippen molar-refractivity contribution >= 4 is 18.0 Å². The van der Waals surface area contributed by atoms with Gasteiger partial charge in [0.1, 0.15) is 6.61 Å². The Morgan fingerprint density at radius 1 is 1.06 bits per heavy atom. The molecule has 2 atom stereocenters. The highest BCUT2D eigenvalue weighted by Gasteiger charge is 2.31. The topological polar surface area (TPSA) is 114 Å². The number of fused-ring (bicyclic) bond motifs is 3. The summed E-state index contributed by atoms with van der Waals surface area (Å²) in [5.41, 5.74) is 4.61. The molecule has 2 aromatic rings. The molecule has 2 aliphatic rings. The van der Waals surface area contributed by atoms with E-state index in [0.29, 0.717) is 19.6 Å². The van der Waals surface area contributed by atoms with E-state index in [4.69, 9.17) is 14.6 Å². The molecule has 0 radical (unpaired) electrons. The summed E-state index contributed by atoms with van der Waals surface area (Å²) < 4.78 is 11.1. The van der Waals surface area contributed by atoms with E-state index in [9.17, 15) is 14.4 Å². The SMILES string of the molecule is O=C(O)C#CCNC(=O)CC1COCCC1NC(=O)OCC1c2ccccc2-c2ccccc21. The Morgan fingerprint density at radius 3 is 2.41 bits per heavy atom. The van der Waals surface area contributed by atoms with Gasteiger partial charge in [0.05, 0.1) is 13.2 Å². The Labute approximate surface area is 197 Å². The Morgan fingerprint density at radius 2 is 1.74 bits per heavy atom. The monoisotopic (exact) mass is 462 g/mol. The first-order chi connectivity index (χ1) is 16.5. The van der Waals surface area contributed by atoms with Crippen LogP contribution in [0.1, 0.15) is 29.9 Å². The van der Waals surface area contributed by atoms with E-state index in [1.807, 2.05) is 30.2 Å². The predicted octanol–water partition coefficient (Wildman–Crippen LogP) is 2.52. The highest BCUT2D eigenvalue weighted by molar-refractivity contribution is 5.86. The van der Waals surface area contributed by atoms with Gasteiger partial charge in [-0.05, 0) is 28.7 Å². The fourth-order valence-corrected chi connectivity index (χ4v) is 4.55. The normalized spacial score (nSPS) is 18.6. The molecule has 8 nitrogen and oxygen atoms in total. The van der Waals surface area contributed by atoms with Crippen LogP contribution in [0.5, 0.6) is 0 Å². The van der Waals surface area contributed by atoms with Gasteiger partial charge >= 0.3 is 12.1 Å². The summed E-state index contributed by atoms with van der Waals surface area (Å²) in [7, 11) is 0. The van der Waals surface area contributed by atoms with Crippen molar-refractivity contribution < 1.29 is 29.0 Å². The molecule has 8 heteroatoms. The smallest absolute Gasteiger partial charge is 0.407 e. The zero-order chi connectivity index (χ0) is 23.9. The largest absolute Gasteiger partial charge is 0.472 e. The molecule has 1 fully saturated rings. The van der Waals surface area contributed by atoms with Crippen LogP contribution in [0.4, 0.5) is 4.79 Å². The molecule has 0 aromatic heterocycles. The molecule has 176 valence electrons. The fraction of sp³-hybridized carbons (Fsp3) is 0.346. The fourth-order valence-electron chi connectivity index (χ4n) is 4.55. The minimum atomic E-state index is -1.25. The lowest BCUT2D eigenvalue weighted by molar-refractivity contribution is -0.130. The number of rotatable bonds is 6. The van der Waals surface area contributed by atoms with Gasteiger partial charge in [0.25, 0.3) is 0 Å². The highest BCUT2D eigenvalue weighted by Crippen LogP contribution is 2.44. The second-order valence-electron chi connectivity index (χ2n) is 8.29. The molecule has 1 heterocycles. The Bertz CT molecular complexity index is 1090. The van der Waals surface area contributed by atoms with E-state index >= 15 is 0 Å². The lowest BCUT2D eigenvalue weighted by Gasteiger charge is -2.31. The number of carboxylic acids is 1. The van der Waals surface area contributed by atoms with Crippen molar-refractivity contribution in [2.45, 2.75) is 24.8 Å². The summed E-state index contributed by atoms with van der Waals surface area (Å²) in [4.78, 5) is 35.3. The molecular formula is C26H26N2O6. The molecule has 3 N–H and O–H groups in total. The first-order valence-corrected chi connectivity index (χ1v) is 11.2. The molecule has 2 aromatic carbocycles. The number of hydrogen-bond donors (Lipinski definition) is 3. The van der Waals surface area contributed by atoms with E-state index in [1.165, 1.54) is 0 Å². The summed E-state index contributed by atoms with van der Waals surface area (Å²) in [6, 6.07) is 16.0. The average Bonchev–Trinajstić information content (AvgIpc) is 3.15. The quantitative estimate of drug-likeness (QED) is 0.569. The number of hydrogen-bond acceptors (Lipinski definition) is 5. The number of aliphatic carboxylic acids is 1. The Hall–Kier alpha value is -3.83. The Kier molecular flexibility index (Phi) is 7.45. The molecule has 2 unspecified atom stereocenters. The van der Waals surface area contributed by atoms with Gasteiger partial charge in [-0.25, -0.2) is 9.59 Å². The minimum absolute atomic E-state index is 0.0266. The van der Waals surface area contributed by atoms with Crippen LogP contribution in [0, 0.1) is 17.8 Å². The molecule has 0 saturated carbocycles. The van der Waals surface area contributed by atoms with Crippen molar-refractivity contribution in [1.29, 1.82) is 0 Å². The third-order valence-corrected chi connectivity index (χ3v) is 6.14. The number of ether oxygens (including phenoxy) is 2. The number of alkyl carbamates (subject to hydrolysis) is 1. The number of amides is 2. The van der Waals surface area contributed by atoms with Crippen molar-refractivity contribution in [3.05, 3.63) is 59.7 Å². The molecule has 0 spiro atoms. The van der Waals surface area contributed by atoms with Gasteiger partial charge in [0, 0.05) is 36.8 Å². The van der Waals surface area contributed by atoms with E-state index in [1.54, 1.807) is 0 Å². The minimum Gasteiger partial charge on any atom is -0.472 e. The maximum atomic E-state index is 12.6. The van der Waals surface area contributed by atoms with Crippen molar-refractivity contribution in [1.82, 2.24) is 10.6 Å². The van der Waals surface area contributed by atoms with Gasteiger partial charge < -0.3 is 25.2 Å². The molecule has 0 bridgehead atoms. The van der Waals surface area contributed by atoms with Crippen LogP contribution in [-0.2, 0) is 19.1 Å². The number of carbonyl (C=O) groups is 3. The molecule has 1 aliphatic carbocycles. The molecule has 4 rings (SSSR count). The van der Waals surface area contributed by atoms with Crippen LogP contribution in [0.15, 0.2) is 48.5 Å². The zero-order valence-electron chi connectivity index (χ0n) is 18.6. The third-order valence-electron chi connectivity index (χ3n) is 6.14. The lowest BCUT2D eigenvalue weighted by atomic mass is 9.92. The van der Waals surface area contributed by atoms with E-state index in [0.717, 1.165) is 22.3 Å². The number of benzene rings is 2. The third kappa shape index (κ3) is 5.56. The standard InChI is InChI=1S/C26H26N2O6/c29-24(27-12-5-10-25(30)31)14-17-15-33-13-11-23(17)28-26(32)34-16-22-20-8-3-1-6-18(20)19-7-2-4-9-21(19)22/h1-4,6-9,17,22-23H,11-16H2,(H,27,29)(H,28,32)(H,30,31). The summed E-state index contributed by atoms with van der Waals surface area (Å²) in [6.45, 7) is 0.985. The highest BCUT2D eigenvalue weighted by atomic mass is 16.5. The van der Waals surface area contributed by atoms with Gasteiger partial charge in [-0.15, -0.1) is 0 Å². The van der Waals surface area contributed by atoms with Crippen LogP contribution >= 0.6 is 0 Å². The summed E-state index contributed by atoms with van der Waals surface area (Å²) >= 11 is 0. The van der Waals surface area contributed by atoms with Gasteiger partial charge in [0.2, 0.25) is 5.91 Å². The van der Waals surface area contributed by atoms with Gasteiger partial charge in [-0.1, -0.05) is 54.5 Å². The molecule has 2 amide bonds. The number of nitrogens with one attached hydrogen (secondary N) is 2. The molecule has 1 aliphatic heterocycles. The maximum absolute atomic E-state index is 12.6. The molecular weight excluding hydrogens is 436 g/mol. The average molecular weight is 463 g/mol. The first kappa shape index (κ1) is 23.3. The lowest BCUT2D eigenvalue weighted by Crippen LogP contribution is -2.47. The molecule has 1 saturated heterocycles. The number of carboxylic acid groups (broad SMARTS) is 1. The Balaban J connectivity index is 1.32. The van der Waals surface area contributed by atoms with Crippen molar-refractivity contribution in [3.8, 4) is 23.0 Å². The summed E-state index contributed by atoms with van der Waals surface area (Å²) in [6.07, 6.45) is 0.177. The van der Waals surface area contributed by atoms with Crippen LogP contribution in [0.25, 0.3) is 11.1 Å². The van der Waals surface area contributed by atoms with Crippen LogP contribution in [0.3, 0.4) is 0 Å².